The number of ketones is 1. The number of benzene rings is 1. The van der Waals surface area contributed by atoms with Gasteiger partial charge in [-0.3, -0.25) is 14.3 Å². The number of hydrogen-bond acceptors (Lipinski definition) is 4. The molecule has 0 bridgehead atoms. The maximum absolute atomic E-state index is 12.3. The lowest BCUT2D eigenvalue weighted by molar-refractivity contribution is -0.111. The lowest BCUT2D eigenvalue weighted by Gasteiger charge is -2.04. The van der Waals surface area contributed by atoms with Gasteiger partial charge >= 0.3 is 0 Å². The van der Waals surface area contributed by atoms with Gasteiger partial charge in [0.25, 0.3) is 0 Å². The topological polar surface area (TPSA) is 81.8 Å². The molecular formula is C18H17N5O2. The maximum Gasteiger partial charge on any atom is 0.248 e. The normalized spacial score (nSPS) is 11.0. The number of nitrogens with one attached hydrogen (secondary N) is 1. The second kappa shape index (κ2) is 6.96. The van der Waals surface area contributed by atoms with E-state index in [1.165, 1.54) is 6.08 Å². The standard InChI is InChI=1S/C18H17N5O2/c1-22-10-9-19-18(22)17(25)14-4-6-15(7-5-14)21-16(24)8-3-13-11-20-23(2)12-13/h3-12H,1-2H3,(H,21,24)/b8-3+. The Hall–Kier alpha value is -3.48. The Morgan fingerprint density at radius 1 is 1.16 bits per heavy atom. The highest BCUT2D eigenvalue weighted by Gasteiger charge is 2.13. The molecule has 7 heteroatoms. The van der Waals surface area contributed by atoms with Crippen LogP contribution in [0.15, 0.2) is 55.1 Å². The summed E-state index contributed by atoms with van der Waals surface area (Å²) in [6.07, 6.45) is 9.89. The van der Waals surface area contributed by atoms with Crippen molar-refractivity contribution in [3.8, 4) is 0 Å². The van der Waals surface area contributed by atoms with E-state index in [0.717, 1.165) is 5.56 Å². The van der Waals surface area contributed by atoms with Crippen LogP contribution in [-0.4, -0.2) is 31.0 Å². The van der Waals surface area contributed by atoms with E-state index in [1.807, 2.05) is 13.2 Å². The molecule has 0 radical (unpaired) electrons. The number of hydrogen-bond donors (Lipinski definition) is 1. The van der Waals surface area contributed by atoms with E-state index in [-0.39, 0.29) is 11.7 Å². The van der Waals surface area contributed by atoms with Crippen LogP contribution in [0.4, 0.5) is 5.69 Å². The van der Waals surface area contributed by atoms with Gasteiger partial charge in [0.2, 0.25) is 11.7 Å². The molecular weight excluding hydrogens is 318 g/mol. The predicted octanol–water partition coefficient (Wildman–Crippen LogP) is 2.04. The van der Waals surface area contributed by atoms with Gasteiger partial charge in [-0.05, 0) is 30.3 Å². The van der Waals surface area contributed by atoms with Crippen molar-refractivity contribution in [3.63, 3.8) is 0 Å². The van der Waals surface area contributed by atoms with Crippen molar-refractivity contribution in [2.24, 2.45) is 14.1 Å². The van der Waals surface area contributed by atoms with Crippen LogP contribution in [0, 0.1) is 0 Å². The quantitative estimate of drug-likeness (QED) is 0.571. The van der Waals surface area contributed by atoms with Crippen LogP contribution in [0.2, 0.25) is 0 Å². The molecule has 25 heavy (non-hydrogen) atoms. The number of aryl methyl sites for hydroxylation is 2. The summed E-state index contributed by atoms with van der Waals surface area (Å²) in [5.41, 5.74) is 1.96. The summed E-state index contributed by atoms with van der Waals surface area (Å²) < 4.78 is 3.33. The number of anilines is 1. The fourth-order valence-electron chi connectivity index (χ4n) is 2.30. The van der Waals surface area contributed by atoms with Gasteiger partial charge in [0.05, 0.1) is 6.20 Å². The average Bonchev–Trinajstić information content (AvgIpc) is 3.21. The third-order valence-corrected chi connectivity index (χ3v) is 3.59. The summed E-state index contributed by atoms with van der Waals surface area (Å²) in [5.74, 6) is -0.0509. The Balaban J connectivity index is 1.64. The first-order chi connectivity index (χ1) is 12.0. The summed E-state index contributed by atoms with van der Waals surface area (Å²) in [5, 5.41) is 6.77. The van der Waals surface area contributed by atoms with Gasteiger partial charge in [-0.25, -0.2) is 4.98 Å². The van der Waals surface area contributed by atoms with Gasteiger partial charge < -0.3 is 9.88 Å². The highest BCUT2D eigenvalue weighted by molar-refractivity contribution is 6.07. The first kappa shape index (κ1) is 16.4. The molecule has 1 N–H and O–H groups in total. The van der Waals surface area contributed by atoms with Crippen LogP contribution in [0.1, 0.15) is 21.7 Å². The molecule has 0 saturated carbocycles. The van der Waals surface area contributed by atoms with Gasteiger partial charge in [0.1, 0.15) is 0 Å². The molecule has 0 unspecified atom stereocenters. The Bertz CT molecular complexity index is 935. The van der Waals surface area contributed by atoms with Crippen molar-refractivity contribution in [1.29, 1.82) is 0 Å². The lowest BCUT2D eigenvalue weighted by Crippen LogP contribution is -2.10. The Labute approximate surface area is 144 Å². The van der Waals surface area contributed by atoms with Crippen LogP contribution in [0.5, 0.6) is 0 Å². The largest absolute Gasteiger partial charge is 0.331 e. The Morgan fingerprint density at radius 2 is 1.92 bits per heavy atom. The molecule has 0 aliphatic heterocycles. The number of rotatable bonds is 5. The molecule has 1 amide bonds. The van der Waals surface area contributed by atoms with E-state index in [2.05, 4.69) is 15.4 Å². The smallest absolute Gasteiger partial charge is 0.248 e. The van der Waals surface area contributed by atoms with Gasteiger partial charge in [-0.2, -0.15) is 5.10 Å². The highest BCUT2D eigenvalue weighted by atomic mass is 16.1. The van der Waals surface area contributed by atoms with Gasteiger partial charge in [-0.15, -0.1) is 0 Å². The first-order valence-electron chi connectivity index (χ1n) is 7.63. The minimum atomic E-state index is -0.257. The van der Waals surface area contributed by atoms with Crippen LogP contribution >= 0.6 is 0 Å². The number of carbonyl (C=O) groups is 2. The SMILES string of the molecule is Cn1cc(/C=C/C(=O)Nc2ccc(C(=O)c3nccn3C)cc2)cn1. The zero-order valence-corrected chi connectivity index (χ0v) is 13.9. The highest BCUT2D eigenvalue weighted by Crippen LogP contribution is 2.13. The van der Waals surface area contributed by atoms with E-state index >= 15 is 0 Å². The summed E-state index contributed by atoms with van der Waals surface area (Å²) in [6.45, 7) is 0. The third kappa shape index (κ3) is 3.89. The second-order valence-electron chi connectivity index (χ2n) is 5.54. The molecule has 2 heterocycles. The monoisotopic (exact) mass is 335 g/mol. The lowest BCUT2D eigenvalue weighted by atomic mass is 10.1. The van der Waals surface area contributed by atoms with Crippen molar-refractivity contribution in [2.45, 2.75) is 0 Å². The maximum atomic E-state index is 12.3. The fourth-order valence-corrected chi connectivity index (χ4v) is 2.30. The van der Waals surface area contributed by atoms with Crippen LogP contribution < -0.4 is 5.32 Å². The van der Waals surface area contributed by atoms with E-state index in [0.29, 0.717) is 17.1 Å². The van der Waals surface area contributed by atoms with Gasteiger partial charge in [0, 0.05) is 55.6 Å². The van der Waals surface area contributed by atoms with Crippen molar-refractivity contribution < 1.29 is 9.59 Å². The first-order valence-corrected chi connectivity index (χ1v) is 7.63. The van der Waals surface area contributed by atoms with Gasteiger partial charge in [0.15, 0.2) is 5.82 Å². The fraction of sp³-hybridized carbons (Fsp3) is 0.111. The Morgan fingerprint density at radius 3 is 2.52 bits per heavy atom. The minimum Gasteiger partial charge on any atom is -0.331 e. The summed E-state index contributed by atoms with van der Waals surface area (Å²) in [6, 6.07) is 6.70. The number of nitrogens with zero attached hydrogens (tertiary/aromatic N) is 4. The molecule has 0 aliphatic carbocycles. The van der Waals surface area contributed by atoms with Gasteiger partial charge in [-0.1, -0.05) is 0 Å². The van der Waals surface area contributed by atoms with Crippen LogP contribution in [-0.2, 0) is 18.9 Å². The molecule has 1 aromatic carbocycles. The molecule has 7 nitrogen and oxygen atoms in total. The Kier molecular flexibility index (Phi) is 4.56. The zero-order chi connectivity index (χ0) is 17.8. The molecule has 3 aromatic rings. The second-order valence-corrected chi connectivity index (χ2v) is 5.54. The molecule has 3 rings (SSSR count). The number of carbonyl (C=O) groups excluding carboxylic acids is 2. The zero-order valence-electron chi connectivity index (χ0n) is 13.9. The van der Waals surface area contributed by atoms with E-state index in [9.17, 15) is 9.59 Å². The predicted molar refractivity (Wildman–Crippen MR) is 94.0 cm³/mol. The summed E-state index contributed by atoms with van der Waals surface area (Å²) >= 11 is 0. The molecule has 0 fully saturated rings. The van der Waals surface area contributed by atoms with E-state index in [4.69, 9.17) is 0 Å². The van der Waals surface area contributed by atoms with E-state index < -0.39 is 0 Å². The van der Waals surface area contributed by atoms with Crippen molar-refractivity contribution >= 4 is 23.5 Å². The van der Waals surface area contributed by atoms with Crippen molar-refractivity contribution in [3.05, 3.63) is 72.1 Å². The molecule has 0 aliphatic rings. The molecule has 0 atom stereocenters. The molecule has 2 aromatic heterocycles. The average molecular weight is 335 g/mol. The third-order valence-electron chi connectivity index (χ3n) is 3.59. The van der Waals surface area contributed by atoms with E-state index in [1.54, 1.807) is 65.2 Å². The number of imidazole rings is 1. The summed E-state index contributed by atoms with van der Waals surface area (Å²) in [4.78, 5) is 28.3. The summed E-state index contributed by atoms with van der Waals surface area (Å²) in [7, 11) is 3.58. The molecule has 126 valence electrons. The van der Waals surface area contributed by atoms with Crippen molar-refractivity contribution in [2.75, 3.05) is 5.32 Å². The van der Waals surface area contributed by atoms with Crippen LogP contribution in [0.25, 0.3) is 6.08 Å². The van der Waals surface area contributed by atoms with Crippen molar-refractivity contribution in [1.82, 2.24) is 19.3 Å². The number of amides is 1. The molecule has 0 saturated heterocycles. The number of aromatic nitrogens is 4. The molecule has 0 spiro atoms. The minimum absolute atomic E-state index is 0.165. The van der Waals surface area contributed by atoms with Crippen LogP contribution in [0.3, 0.4) is 0 Å².